The highest BCUT2D eigenvalue weighted by molar-refractivity contribution is 5.85. The van der Waals surface area contributed by atoms with Gasteiger partial charge >= 0.3 is 0 Å². The van der Waals surface area contributed by atoms with Gasteiger partial charge in [-0.05, 0) is 55.7 Å². The van der Waals surface area contributed by atoms with Crippen molar-refractivity contribution in [3.05, 3.63) is 89.8 Å². The van der Waals surface area contributed by atoms with Gasteiger partial charge in [0.15, 0.2) is 0 Å². The third-order valence-electron chi connectivity index (χ3n) is 4.87. The molecule has 0 aliphatic rings. The van der Waals surface area contributed by atoms with E-state index in [1.807, 2.05) is 12.1 Å². The minimum absolute atomic E-state index is 0.727. The number of hydrogen-bond acceptors (Lipinski definition) is 2. The van der Waals surface area contributed by atoms with E-state index in [1.165, 1.54) is 16.7 Å². The molecule has 0 aliphatic heterocycles. The molecule has 2 nitrogen and oxygen atoms in total. The van der Waals surface area contributed by atoms with Gasteiger partial charge in [-0.3, -0.25) is 0 Å². The summed E-state index contributed by atoms with van der Waals surface area (Å²) in [5.74, 6) is 0. The number of benzene rings is 2. The van der Waals surface area contributed by atoms with Gasteiger partial charge in [-0.1, -0.05) is 61.7 Å². The fourth-order valence-corrected chi connectivity index (χ4v) is 3.25. The van der Waals surface area contributed by atoms with E-state index in [9.17, 15) is 0 Å². The normalized spacial score (nSPS) is 10.5. The molecule has 1 heterocycles. The number of rotatable bonds is 5. The van der Waals surface area contributed by atoms with Crippen molar-refractivity contribution in [2.75, 3.05) is 0 Å². The zero-order valence-corrected chi connectivity index (χ0v) is 16.2. The van der Waals surface area contributed by atoms with Gasteiger partial charge in [0, 0.05) is 11.1 Å². The van der Waals surface area contributed by atoms with E-state index < -0.39 is 0 Å². The highest BCUT2D eigenvalue weighted by atomic mass is 14.8. The summed E-state index contributed by atoms with van der Waals surface area (Å²) in [6, 6.07) is 12.5. The second-order valence-electron chi connectivity index (χ2n) is 6.64. The molecule has 0 amide bonds. The first-order valence-electron chi connectivity index (χ1n) is 8.97. The van der Waals surface area contributed by atoms with Gasteiger partial charge in [-0.25, -0.2) is 9.97 Å². The maximum atomic E-state index is 4.92. The van der Waals surface area contributed by atoms with E-state index in [-0.39, 0.29) is 0 Å². The fraction of sp³-hybridized carbons (Fsp3) is 0.120. The summed E-state index contributed by atoms with van der Waals surface area (Å²) in [4.78, 5) is 9.81. The van der Waals surface area contributed by atoms with Gasteiger partial charge in [-0.2, -0.15) is 0 Å². The van der Waals surface area contributed by atoms with Crippen molar-refractivity contribution in [1.29, 1.82) is 0 Å². The molecule has 0 saturated heterocycles. The molecule has 0 spiro atoms. The maximum absolute atomic E-state index is 4.92. The Kier molecular flexibility index (Phi) is 5.18. The summed E-state index contributed by atoms with van der Waals surface area (Å²) in [7, 11) is 0. The Morgan fingerprint density at radius 2 is 1.44 bits per heavy atom. The summed E-state index contributed by atoms with van der Waals surface area (Å²) >= 11 is 0. The van der Waals surface area contributed by atoms with Gasteiger partial charge in [0.1, 0.15) is 0 Å². The highest BCUT2D eigenvalue weighted by Crippen LogP contribution is 2.35. The van der Waals surface area contributed by atoms with Gasteiger partial charge in [0.2, 0.25) is 0 Å². The standard InChI is InChI=1S/C25H24N2/c1-7-20-18(6)17(5)13-14-21(20)25-24(19-12-10-11-16(4)15-19)26-22(8-2)23(9-3)27-25/h7-15H,1-3H2,4-6H3. The van der Waals surface area contributed by atoms with Crippen LogP contribution in [0.1, 0.15) is 33.6 Å². The average molecular weight is 352 g/mol. The topological polar surface area (TPSA) is 25.8 Å². The van der Waals surface area contributed by atoms with Crippen molar-refractivity contribution in [1.82, 2.24) is 9.97 Å². The lowest BCUT2D eigenvalue weighted by Crippen LogP contribution is -2.02. The smallest absolute Gasteiger partial charge is 0.0979 e. The Labute approximate surface area is 161 Å². The van der Waals surface area contributed by atoms with Crippen LogP contribution in [0.4, 0.5) is 0 Å². The van der Waals surface area contributed by atoms with Crippen LogP contribution in [0.25, 0.3) is 40.7 Å². The van der Waals surface area contributed by atoms with Crippen molar-refractivity contribution in [2.45, 2.75) is 20.8 Å². The predicted octanol–water partition coefficient (Wildman–Crippen LogP) is 6.66. The molecule has 2 heteroatoms. The molecule has 27 heavy (non-hydrogen) atoms. The molecule has 0 atom stereocenters. The molecule has 0 N–H and O–H groups in total. The molecule has 0 bridgehead atoms. The molecule has 1 aromatic heterocycles. The summed E-state index contributed by atoms with van der Waals surface area (Å²) in [6.45, 7) is 18.1. The van der Waals surface area contributed by atoms with Crippen LogP contribution in [0.5, 0.6) is 0 Å². The van der Waals surface area contributed by atoms with Crippen LogP contribution in [-0.4, -0.2) is 9.97 Å². The minimum Gasteiger partial charge on any atom is -0.244 e. The molecule has 2 aromatic carbocycles. The van der Waals surface area contributed by atoms with Crippen LogP contribution in [0, 0.1) is 20.8 Å². The fourth-order valence-electron chi connectivity index (χ4n) is 3.25. The lowest BCUT2D eigenvalue weighted by molar-refractivity contribution is 1.16. The van der Waals surface area contributed by atoms with Gasteiger partial charge in [-0.15, -0.1) is 0 Å². The van der Waals surface area contributed by atoms with Crippen molar-refractivity contribution >= 4 is 18.2 Å². The first-order valence-corrected chi connectivity index (χ1v) is 8.97. The maximum Gasteiger partial charge on any atom is 0.0979 e. The Balaban J connectivity index is 2.42. The Hall–Kier alpha value is -3.26. The van der Waals surface area contributed by atoms with Gasteiger partial charge < -0.3 is 0 Å². The number of nitrogens with zero attached hydrogens (tertiary/aromatic N) is 2. The van der Waals surface area contributed by atoms with Crippen LogP contribution in [0.2, 0.25) is 0 Å². The van der Waals surface area contributed by atoms with E-state index in [0.717, 1.165) is 39.5 Å². The lowest BCUT2D eigenvalue weighted by Gasteiger charge is -2.16. The molecular weight excluding hydrogens is 328 g/mol. The second kappa shape index (κ2) is 7.55. The van der Waals surface area contributed by atoms with E-state index in [0.29, 0.717) is 0 Å². The van der Waals surface area contributed by atoms with Crippen molar-refractivity contribution in [2.24, 2.45) is 0 Å². The monoisotopic (exact) mass is 352 g/mol. The Bertz CT molecular complexity index is 1060. The van der Waals surface area contributed by atoms with Crippen molar-refractivity contribution < 1.29 is 0 Å². The summed E-state index contributed by atoms with van der Waals surface area (Å²) in [6.07, 6.45) is 5.35. The van der Waals surface area contributed by atoms with E-state index in [4.69, 9.17) is 9.97 Å². The molecule has 0 saturated carbocycles. The van der Waals surface area contributed by atoms with E-state index in [1.54, 1.807) is 12.2 Å². The van der Waals surface area contributed by atoms with Crippen molar-refractivity contribution in [3.8, 4) is 22.5 Å². The first kappa shape index (κ1) is 18.5. The largest absolute Gasteiger partial charge is 0.244 e. The van der Waals surface area contributed by atoms with Gasteiger partial charge in [0.05, 0.1) is 22.8 Å². The predicted molar refractivity (Wildman–Crippen MR) is 117 cm³/mol. The average Bonchev–Trinajstić information content (AvgIpc) is 2.68. The molecular formula is C25H24N2. The lowest BCUT2D eigenvalue weighted by atomic mass is 9.93. The quantitative estimate of drug-likeness (QED) is 0.513. The van der Waals surface area contributed by atoms with Crippen LogP contribution >= 0.6 is 0 Å². The minimum atomic E-state index is 0.727. The molecule has 0 unspecified atom stereocenters. The Morgan fingerprint density at radius 3 is 2.04 bits per heavy atom. The van der Waals surface area contributed by atoms with Crippen LogP contribution in [-0.2, 0) is 0 Å². The zero-order chi connectivity index (χ0) is 19.6. The molecule has 0 radical (unpaired) electrons. The van der Waals surface area contributed by atoms with Crippen molar-refractivity contribution in [3.63, 3.8) is 0 Å². The molecule has 0 aliphatic carbocycles. The van der Waals surface area contributed by atoms with E-state index in [2.05, 4.69) is 70.8 Å². The molecule has 0 fully saturated rings. The molecule has 3 rings (SSSR count). The molecule has 134 valence electrons. The second-order valence-corrected chi connectivity index (χ2v) is 6.64. The SMILES string of the molecule is C=Cc1nc(-c2cccc(C)c2)c(-c2ccc(C)c(C)c2C=C)nc1C=C. The number of aryl methyl sites for hydroxylation is 2. The summed E-state index contributed by atoms with van der Waals surface area (Å²) in [5, 5.41) is 0. The number of aromatic nitrogens is 2. The summed E-state index contributed by atoms with van der Waals surface area (Å²) in [5.41, 5.74) is 9.87. The van der Waals surface area contributed by atoms with Crippen LogP contribution < -0.4 is 0 Å². The Morgan fingerprint density at radius 1 is 0.778 bits per heavy atom. The zero-order valence-electron chi connectivity index (χ0n) is 16.2. The van der Waals surface area contributed by atoms with E-state index >= 15 is 0 Å². The van der Waals surface area contributed by atoms with Gasteiger partial charge in [0.25, 0.3) is 0 Å². The molecule has 3 aromatic rings. The first-order chi connectivity index (χ1) is 13.0. The van der Waals surface area contributed by atoms with Crippen LogP contribution in [0.15, 0.2) is 56.1 Å². The van der Waals surface area contributed by atoms with Crippen LogP contribution in [0.3, 0.4) is 0 Å². The highest BCUT2D eigenvalue weighted by Gasteiger charge is 2.18. The summed E-state index contributed by atoms with van der Waals surface area (Å²) < 4.78 is 0. The third kappa shape index (κ3) is 3.39. The third-order valence-corrected chi connectivity index (χ3v) is 4.87. The number of hydrogen-bond donors (Lipinski definition) is 0.